The Balaban J connectivity index is 2.13. The molecule has 17 heavy (non-hydrogen) atoms. The molecule has 1 fully saturated rings. The van der Waals surface area contributed by atoms with E-state index < -0.39 is 0 Å². The maximum Gasteiger partial charge on any atom is 0.0841 e. The molecule has 1 aliphatic carbocycles. The average Bonchev–Trinajstić information content (AvgIpc) is 2.34. The van der Waals surface area contributed by atoms with Gasteiger partial charge in [-0.1, -0.05) is 24.4 Å². The monoisotopic (exact) mass is 255 g/mol. The van der Waals surface area contributed by atoms with E-state index >= 15 is 0 Å². The van der Waals surface area contributed by atoms with E-state index in [1.807, 2.05) is 0 Å². The van der Waals surface area contributed by atoms with E-state index in [0.29, 0.717) is 10.7 Å². The number of aliphatic hydroxyl groups is 1. The molecule has 0 aromatic carbocycles. The van der Waals surface area contributed by atoms with Crippen molar-refractivity contribution in [2.75, 3.05) is 17.7 Å². The van der Waals surface area contributed by atoms with Crippen LogP contribution >= 0.6 is 11.6 Å². The summed E-state index contributed by atoms with van der Waals surface area (Å²) in [4.78, 5) is 3.93. The predicted octanol–water partition coefficient (Wildman–Crippen LogP) is 2.28. The predicted molar refractivity (Wildman–Crippen MR) is 70.1 cm³/mol. The van der Waals surface area contributed by atoms with E-state index in [2.05, 4.69) is 10.3 Å². The third kappa shape index (κ3) is 2.82. The molecule has 0 radical (unpaired) electrons. The van der Waals surface area contributed by atoms with E-state index in [9.17, 15) is 5.11 Å². The number of hydrogen-bond donors (Lipinski definition) is 3. The minimum atomic E-state index is 0.209. The highest BCUT2D eigenvalue weighted by molar-refractivity contribution is 6.33. The summed E-state index contributed by atoms with van der Waals surface area (Å²) in [6.07, 6.45) is 7.63. The zero-order chi connectivity index (χ0) is 12.3. The summed E-state index contributed by atoms with van der Waals surface area (Å²) in [7, 11) is 0. The van der Waals surface area contributed by atoms with Crippen LogP contribution in [0.25, 0.3) is 0 Å². The van der Waals surface area contributed by atoms with Crippen molar-refractivity contribution in [3.05, 3.63) is 17.4 Å². The topological polar surface area (TPSA) is 71.2 Å². The molecule has 2 atom stereocenters. The number of hydrogen-bond acceptors (Lipinski definition) is 4. The fourth-order valence-corrected chi connectivity index (χ4v) is 2.62. The molecule has 0 spiro atoms. The first-order valence-corrected chi connectivity index (χ1v) is 6.36. The van der Waals surface area contributed by atoms with Crippen molar-refractivity contribution in [3.8, 4) is 0 Å². The molecule has 5 heteroatoms. The first-order chi connectivity index (χ1) is 8.22. The van der Waals surface area contributed by atoms with Crippen LogP contribution in [0, 0.1) is 5.92 Å². The number of halogens is 1. The Morgan fingerprint density at radius 1 is 1.41 bits per heavy atom. The lowest BCUT2D eigenvalue weighted by Gasteiger charge is -2.32. The zero-order valence-corrected chi connectivity index (χ0v) is 10.5. The molecule has 1 saturated carbocycles. The highest BCUT2D eigenvalue weighted by Crippen LogP contribution is 2.32. The molecule has 1 aromatic heterocycles. The summed E-state index contributed by atoms with van der Waals surface area (Å²) in [5.74, 6) is 0.285. The van der Waals surface area contributed by atoms with Gasteiger partial charge in [-0.3, -0.25) is 4.98 Å². The molecular formula is C12H18ClN3O. The lowest BCUT2D eigenvalue weighted by atomic mass is 9.85. The van der Waals surface area contributed by atoms with Crippen LogP contribution in [0.4, 0.5) is 11.4 Å². The van der Waals surface area contributed by atoms with Crippen LogP contribution in [-0.2, 0) is 0 Å². The van der Waals surface area contributed by atoms with Gasteiger partial charge >= 0.3 is 0 Å². The summed E-state index contributed by atoms with van der Waals surface area (Å²) in [5, 5.41) is 13.3. The highest BCUT2D eigenvalue weighted by atomic mass is 35.5. The third-order valence-electron chi connectivity index (χ3n) is 3.40. The van der Waals surface area contributed by atoms with Crippen LogP contribution in [0.5, 0.6) is 0 Å². The van der Waals surface area contributed by atoms with Crippen LogP contribution < -0.4 is 11.1 Å². The first-order valence-electron chi connectivity index (χ1n) is 5.98. The molecule has 1 aromatic rings. The van der Waals surface area contributed by atoms with Crippen LogP contribution in [0.3, 0.4) is 0 Å². The maximum atomic E-state index is 9.36. The smallest absolute Gasteiger partial charge is 0.0841 e. The Labute approximate surface area is 106 Å². The van der Waals surface area contributed by atoms with Gasteiger partial charge in [0.1, 0.15) is 0 Å². The van der Waals surface area contributed by atoms with Crippen LogP contribution in [0.15, 0.2) is 12.4 Å². The Morgan fingerprint density at radius 2 is 2.18 bits per heavy atom. The van der Waals surface area contributed by atoms with Gasteiger partial charge in [0.25, 0.3) is 0 Å². The van der Waals surface area contributed by atoms with E-state index in [4.69, 9.17) is 17.3 Å². The SMILES string of the molecule is Nc1cncc(Cl)c1NC1CCCCC1CO. The van der Waals surface area contributed by atoms with Crippen molar-refractivity contribution in [1.29, 1.82) is 0 Å². The van der Waals surface area contributed by atoms with E-state index in [-0.39, 0.29) is 18.6 Å². The minimum absolute atomic E-state index is 0.209. The Morgan fingerprint density at radius 3 is 2.88 bits per heavy atom. The molecule has 0 amide bonds. The van der Waals surface area contributed by atoms with Crippen molar-refractivity contribution in [1.82, 2.24) is 4.98 Å². The average molecular weight is 256 g/mol. The van der Waals surface area contributed by atoms with Gasteiger partial charge in [-0.05, 0) is 12.8 Å². The second kappa shape index (κ2) is 5.56. The van der Waals surface area contributed by atoms with Crippen LogP contribution in [-0.4, -0.2) is 22.7 Å². The number of pyridine rings is 1. The molecule has 0 saturated heterocycles. The van der Waals surface area contributed by atoms with E-state index in [1.165, 1.54) is 12.8 Å². The van der Waals surface area contributed by atoms with Crippen LogP contribution in [0.1, 0.15) is 25.7 Å². The molecule has 4 N–H and O–H groups in total. The van der Waals surface area contributed by atoms with Crippen molar-refractivity contribution in [3.63, 3.8) is 0 Å². The van der Waals surface area contributed by atoms with Crippen molar-refractivity contribution >= 4 is 23.0 Å². The second-order valence-electron chi connectivity index (χ2n) is 4.56. The lowest BCUT2D eigenvalue weighted by Crippen LogP contribution is -2.34. The standard InChI is InChI=1S/C12H18ClN3O/c13-9-5-15-6-10(14)12(9)16-11-4-2-1-3-8(11)7-17/h5-6,8,11,17H,1-4,7,14H2,(H,15,16). The maximum absolute atomic E-state index is 9.36. The molecule has 0 bridgehead atoms. The zero-order valence-electron chi connectivity index (χ0n) is 9.69. The van der Waals surface area contributed by atoms with Gasteiger partial charge in [0.05, 0.1) is 22.6 Å². The number of nitrogens with one attached hydrogen (secondary N) is 1. The Hall–Kier alpha value is -1.00. The minimum Gasteiger partial charge on any atom is -0.396 e. The normalized spacial score (nSPS) is 24.6. The van der Waals surface area contributed by atoms with Gasteiger partial charge < -0.3 is 16.2 Å². The molecule has 4 nitrogen and oxygen atoms in total. The molecule has 1 heterocycles. The summed E-state index contributed by atoms with van der Waals surface area (Å²) < 4.78 is 0. The number of rotatable bonds is 3. The number of aliphatic hydroxyl groups excluding tert-OH is 1. The van der Waals surface area contributed by atoms with Gasteiger partial charge in [-0.25, -0.2) is 0 Å². The first kappa shape index (κ1) is 12.5. The quantitative estimate of drug-likeness (QED) is 0.775. The van der Waals surface area contributed by atoms with Crippen molar-refractivity contribution in [2.45, 2.75) is 31.7 Å². The highest BCUT2D eigenvalue weighted by Gasteiger charge is 2.25. The Kier molecular flexibility index (Phi) is 4.07. The molecule has 0 aliphatic heterocycles. The Bertz CT molecular complexity index is 366. The number of nitrogens with zero attached hydrogens (tertiary/aromatic N) is 1. The third-order valence-corrected chi connectivity index (χ3v) is 3.69. The fourth-order valence-electron chi connectivity index (χ4n) is 2.40. The molecule has 2 unspecified atom stereocenters. The van der Waals surface area contributed by atoms with Gasteiger partial charge in [0.15, 0.2) is 0 Å². The van der Waals surface area contributed by atoms with Gasteiger partial charge in [0.2, 0.25) is 0 Å². The number of anilines is 2. The van der Waals surface area contributed by atoms with Crippen molar-refractivity contribution in [2.24, 2.45) is 5.92 Å². The van der Waals surface area contributed by atoms with Crippen molar-refractivity contribution < 1.29 is 5.11 Å². The number of nitrogens with two attached hydrogens (primary N) is 1. The summed E-state index contributed by atoms with van der Waals surface area (Å²) in [6, 6.07) is 0.246. The number of aromatic nitrogens is 1. The van der Waals surface area contributed by atoms with Crippen LogP contribution in [0.2, 0.25) is 5.02 Å². The summed E-state index contributed by atoms with van der Waals surface area (Å²) in [5.41, 5.74) is 7.15. The van der Waals surface area contributed by atoms with E-state index in [0.717, 1.165) is 18.5 Å². The lowest BCUT2D eigenvalue weighted by molar-refractivity contribution is 0.178. The van der Waals surface area contributed by atoms with E-state index in [1.54, 1.807) is 12.4 Å². The fraction of sp³-hybridized carbons (Fsp3) is 0.583. The van der Waals surface area contributed by atoms with Gasteiger partial charge in [-0.15, -0.1) is 0 Å². The summed E-state index contributed by atoms with van der Waals surface area (Å²) in [6.45, 7) is 0.209. The molecule has 94 valence electrons. The molecule has 2 rings (SSSR count). The largest absolute Gasteiger partial charge is 0.396 e. The second-order valence-corrected chi connectivity index (χ2v) is 4.97. The van der Waals surface area contributed by atoms with Gasteiger partial charge in [-0.2, -0.15) is 0 Å². The number of nitrogen functional groups attached to an aromatic ring is 1. The molecule has 1 aliphatic rings. The van der Waals surface area contributed by atoms with Gasteiger partial charge in [0, 0.05) is 24.8 Å². The summed E-state index contributed by atoms with van der Waals surface area (Å²) >= 11 is 6.07. The molecular weight excluding hydrogens is 238 g/mol.